The van der Waals surface area contributed by atoms with Crippen molar-refractivity contribution in [1.29, 1.82) is 0 Å². The molecule has 6 nitrogen and oxygen atoms in total. The molecular weight excluding hydrogens is 440 g/mol. The number of carbonyl (C=O) groups is 2. The Labute approximate surface area is 202 Å². The third-order valence-electron chi connectivity index (χ3n) is 6.76. The molecule has 6 rings (SSSR count). The van der Waals surface area contributed by atoms with E-state index in [0.29, 0.717) is 35.4 Å². The monoisotopic (exact) mass is 464 g/mol. The van der Waals surface area contributed by atoms with Crippen LogP contribution in [0, 0.1) is 6.92 Å². The number of anilines is 2. The highest BCUT2D eigenvalue weighted by atomic mass is 16.3. The molecule has 0 fully saturated rings. The van der Waals surface area contributed by atoms with Crippen molar-refractivity contribution in [3.8, 4) is 0 Å². The second-order valence-corrected chi connectivity index (χ2v) is 9.04. The lowest BCUT2D eigenvalue weighted by Crippen LogP contribution is -2.38. The molecule has 2 aromatic carbocycles. The van der Waals surface area contributed by atoms with Gasteiger partial charge in [0.15, 0.2) is 5.78 Å². The first-order chi connectivity index (χ1) is 17.1. The second-order valence-electron chi connectivity index (χ2n) is 9.04. The first-order valence-corrected chi connectivity index (χ1v) is 11.7. The van der Waals surface area contributed by atoms with Crippen molar-refractivity contribution in [2.45, 2.75) is 31.7 Å². The summed E-state index contributed by atoms with van der Waals surface area (Å²) < 4.78 is 11.5. The molecule has 0 saturated heterocycles. The topological polar surface area (TPSA) is 75.7 Å². The van der Waals surface area contributed by atoms with E-state index in [1.165, 1.54) is 0 Å². The summed E-state index contributed by atoms with van der Waals surface area (Å²) in [5, 5.41) is 3.50. The van der Waals surface area contributed by atoms with Crippen molar-refractivity contribution in [2.24, 2.45) is 0 Å². The van der Waals surface area contributed by atoms with Crippen molar-refractivity contribution >= 4 is 23.1 Å². The molecule has 0 bridgehead atoms. The molecule has 1 aliphatic carbocycles. The van der Waals surface area contributed by atoms with Crippen molar-refractivity contribution in [3.63, 3.8) is 0 Å². The minimum absolute atomic E-state index is 0.0314. The van der Waals surface area contributed by atoms with Gasteiger partial charge in [-0.1, -0.05) is 29.8 Å². The number of nitrogens with one attached hydrogen (secondary N) is 1. The lowest BCUT2D eigenvalue weighted by Gasteiger charge is -2.33. The Morgan fingerprint density at radius 2 is 1.60 bits per heavy atom. The number of aryl methyl sites for hydroxylation is 1. The standard InChI is InChI=1S/C29H24N2O4/c1-18-10-12-19(13-11-18)29(33)31-23-7-3-2-6-21(23)30-22-16-20(25-8-4-14-34-25)17-24(32)27(22)28(31)26-9-5-15-35-26/h2-15,20,28,30H,16-17H2,1H3/t20-,28+/m0/s1. The van der Waals surface area contributed by atoms with E-state index in [9.17, 15) is 9.59 Å². The molecule has 0 unspecified atom stereocenters. The average Bonchev–Trinajstić information content (AvgIpc) is 3.57. The van der Waals surface area contributed by atoms with E-state index in [1.807, 2.05) is 73.7 Å². The minimum atomic E-state index is -0.699. The third-order valence-corrected chi connectivity index (χ3v) is 6.76. The summed E-state index contributed by atoms with van der Waals surface area (Å²) >= 11 is 0. The summed E-state index contributed by atoms with van der Waals surface area (Å²) in [7, 11) is 0. The zero-order valence-corrected chi connectivity index (χ0v) is 19.2. The molecule has 3 heterocycles. The molecule has 0 spiro atoms. The van der Waals surface area contributed by atoms with Gasteiger partial charge in [-0.05, 0) is 61.9 Å². The molecule has 1 aliphatic heterocycles. The van der Waals surface area contributed by atoms with E-state index in [0.717, 1.165) is 22.7 Å². The summed E-state index contributed by atoms with van der Waals surface area (Å²) in [4.78, 5) is 29.5. The number of amides is 1. The van der Waals surface area contributed by atoms with Gasteiger partial charge in [-0.25, -0.2) is 0 Å². The highest BCUT2D eigenvalue weighted by Crippen LogP contribution is 2.47. The average molecular weight is 465 g/mol. The number of ketones is 1. The van der Waals surface area contributed by atoms with Crippen LogP contribution in [0.25, 0.3) is 0 Å². The van der Waals surface area contributed by atoms with Crippen molar-refractivity contribution in [3.05, 3.63) is 119 Å². The van der Waals surface area contributed by atoms with Crippen molar-refractivity contribution < 1.29 is 18.4 Å². The molecular formula is C29H24N2O4. The predicted octanol–water partition coefficient (Wildman–Crippen LogP) is 6.40. The maximum atomic E-state index is 14.1. The van der Waals surface area contributed by atoms with Crippen LogP contribution < -0.4 is 10.2 Å². The SMILES string of the molecule is Cc1ccc(C(=O)N2c3ccccc3NC3=C(C(=O)C[C@@H](c4ccco4)C3)[C@H]2c2ccco2)cc1. The number of nitrogens with zero attached hydrogens (tertiary/aromatic N) is 1. The maximum Gasteiger partial charge on any atom is 0.259 e. The van der Waals surface area contributed by atoms with Crippen LogP contribution in [0.1, 0.15) is 52.2 Å². The van der Waals surface area contributed by atoms with Gasteiger partial charge in [0.05, 0.1) is 23.9 Å². The first-order valence-electron chi connectivity index (χ1n) is 11.7. The number of allylic oxidation sites excluding steroid dienone is 1. The Balaban J connectivity index is 1.55. The second kappa shape index (κ2) is 8.47. The molecule has 1 N–H and O–H groups in total. The van der Waals surface area contributed by atoms with E-state index in [-0.39, 0.29) is 17.6 Å². The van der Waals surface area contributed by atoms with Crippen LogP contribution in [0.3, 0.4) is 0 Å². The number of rotatable bonds is 3. The van der Waals surface area contributed by atoms with Gasteiger partial charge in [0.2, 0.25) is 0 Å². The fourth-order valence-electron chi connectivity index (χ4n) is 5.09. The summed E-state index contributed by atoms with van der Waals surface area (Å²) in [5.74, 6) is 1.02. The fraction of sp³-hybridized carbons (Fsp3) is 0.172. The molecule has 2 atom stereocenters. The highest BCUT2D eigenvalue weighted by molar-refractivity contribution is 6.11. The maximum absolute atomic E-state index is 14.1. The number of para-hydroxylation sites is 2. The Hall–Kier alpha value is -4.32. The van der Waals surface area contributed by atoms with Crippen LogP contribution in [0.2, 0.25) is 0 Å². The minimum Gasteiger partial charge on any atom is -0.469 e. The van der Waals surface area contributed by atoms with E-state index in [4.69, 9.17) is 8.83 Å². The first kappa shape index (κ1) is 21.2. The molecule has 2 aromatic heterocycles. The number of fused-ring (bicyclic) bond motifs is 1. The van der Waals surface area contributed by atoms with Crippen LogP contribution in [-0.4, -0.2) is 11.7 Å². The molecule has 0 radical (unpaired) electrons. The van der Waals surface area contributed by atoms with E-state index in [1.54, 1.807) is 23.5 Å². The molecule has 6 heteroatoms. The van der Waals surface area contributed by atoms with Gasteiger partial charge >= 0.3 is 0 Å². The van der Waals surface area contributed by atoms with E-state index in [2.05, 4.69) is 5.32 Å². The molecule has 35 heavy (non-hydrogen) atoms. The van der Waals surface area contributed by atoms with Gasteiger partial charge in [0.25, 0.3) is 5.91 Å². The van der Waals surface area contributed by atoms with Crippen LogP contribution in [0.15, 0.2) is 105 Å². The summed E-state index contributed by atoms with van der Waals surface area (Å²) in [6.45, 7) is 1.98. The zero-order chi connectivity index (χ0) is 23.9. The number of furan rings is 2. The van der Waals surface area contributed by atoms with Crippen molar-refractivity contribution in [1.82, 2.24) is 0 Å². The van der Waals surface area contributed by atoms with Crippen LogP contribution in [-0.2, 0) is 4.79 Å². The molecule has 174 valence electrons. The molecule has 0 saturated carbocycles. The lowest BCUT2D eigenvalue weighted by atomic mass is 9.81. The Kier molecular flexibility index (Phi) is 5.14. The van der Waals surface area contributed by atoms with Gasteiger partial charge < -0.3 is 14.2 Å². The molecule has 4 aromatic rings. The normalized spacial score (nSPS) is 19.6. The van der Waals surface area contributed by atoms with Gasteiger partial charge in [-0.3, -0.25) is 14.5 Å². The Morgan fingerprint density at radius 3 is 2.31 bits per heavy atom. The Morgan fingerprint density at radius 1 is 0.886 bits per heavy atom. The Bertz CT molecular complexity index is 1420. The quantitative estimate of drug-likeness (QED) is 0.380. The summed E-state index contributed by atoms with van der Waals surface area (Å²) in [5.41, 5.74) is 4.41. The van der Waals surface area contributed by atoms with Crippen LogP contribution in [0.4, 0.5) is 11.4 Å². The predicted molar refractivity (Wildman–Crippen MR) is 132 cm³/mol. The van der Waals surface area contributed by atoms with Gasteiger partial charge in [0.1, 0.15) is 17.6 Å². The number of carbonyl (C=O) groups excluding carboxylic acids is 2. The molecule has 2 aliphatic rings. The van der Waals surface area contributed by atoms with Crippen LogP contribution in [0.5, 0.6) is 0 Å². The van der Waals surface area contributed by atoms with E-state index >= 15 is 0 Å². The summed E-state index contributed by atoms with van der Waals surface area (Å²) in [6, 6.07) is 21.8. The number of hydrogen-bond acceptors (Lipinski definition) is 5. The van der Waals surface area contributed by atoms with Crippen LogP contribution >= 0.6 is 0 Å². The fourth-order valence-corrected chi connectivity index (χ4v) is 5.09. The number of hydrogen-bond donors (Lipinski definition) is 1. The third kappa shape index (κ3) is 3.67. The zero-order valence-electron chi connectivity index (χ0n) is 19.2. The largest absolute Gasteiger partial charge is 0.469 e. The lowest BCUT2D eigenvalue weighted by molar-refractivity contribution is -0.116. The van der Waals surface area contributed by atoms with Crippen molar-refractivity contribution in [2.75, 3.05) is 10.2 Å². The van der Waals surface area contributed by atoms with Gasteiger partial charge in [0, 0.05) is 29.2 Å². The van der Waals surface area contributed by atoms with E-state index < -0.39 is 6.04 Å². The number of Topliss-reactive ketones (excluding diaryl/α,β-unsaturated/α-hetero) is 1. The highest BCUT2D eigenvalue weighted by Gasteiger charge is 2.43. The van der Waals surface area contributed by atoms with Gasteiger partial charge in [-0.15, -0.1) is 0 Å². The van der Waals surface area contributed by atoms with Gasteiger partial charge in [-0.2, -0.15) is 0 Å². The summed E-state index contributed by atoms with van der Waals surface area (Å²) in [6.07, 6.45) is 4.10. The number of benzene rings is 2. The molecule has 1 amide bonds. The smallest absolute Gasteiger partial charge is 0.259 e.